The Morgan fingerprint density at radius 2 is 1.71 bits per heavy atom. The smallest absolute Gasteiger partial charge is 0.203 e. The highest BCUT2D eigenvalue weighted by Crippen LogP contribution is 2.23. The monoisotopic (exact) mass is 346 g/mol. The lowest BCUT2D eigenvalue weighted by atomic mass is 10.0. The number of carbonyl (C=O) groups excluding carboxylic acids is 1. The summed E-state index contributed by atoms with van der Waals surface area (Å²) in [6.45, 7) is 7.82. The van der Waals surface area contributed by atoms with Crippen LogP contribution < -0.4 is 4.74 Å². The summed E-state index contributed by atoms with van der Waals surface area (Å²) in [6.07, 6.45) is -0.507. The molecule has 2 aromatic rings. The van der Waals surface area contributed by atoms with Crippen LogP contribution in [-0.4, -0.2) is 11.9 Å². The zero-order valence-electron chi connectivity index (χ0n) is 12.7. The highest BCUT2D eigenvalue weighted by molar-refractivity contribution is 9.10. The van der Waals surface area contributed by atoms with Gasteiger partial charge in [0, 0.05) is 10.0 Å². The molecule has 110 valence electrons. The highest BCUT2D eigenvalue weighted by Gasteiger charge is 2.17. The number of hydrogen-bond acceptors (Lipinski definition) is 2. The van der Waals surface area contributed by atoms with Crippen molar-refractivity contribution >= 4 is 21.7 Å². The molecular formula is C18H19BrO2. The number of halogens is 1. The lowest BCUT2D eigenvalue weighted by molar-refractivity contribution is 0.0818. The Labute approximate surface area is 134 Å². The summed E-state index contributed by atoms with van der Waals surface area (Å²) < 4.78 is 6.80. The molecule has 2 nitrogen and oxygen atoms in total. The van der Waals surface area contributed by atoms with Gasteiger partial charge in [-0.3, -0.25) is 4.79 Å². The van der Waals surface area contributed by atoms with E-state index in [1.165, 1.54) is 5.56 Å². The van der Waals surface area contributed by atoms with Crippen LogP contribution in [0.3, 0.4) is 0 Å². The van der Waals surface area contributed by atoms with Gasteiger partial charge in [-0.2, -0.15) is 0 Å². The third kappa shape index (κ3) is 3.73. The first kappa shape index (κ1) is 15.8. The van der Waals surface area contributed by atoms with Crippen LogP contribution in [0.4, 0.5) is 0 Å². The van der Waals surface area contributed by atoms with Crippen LogP contribution in [0.25, 0.3) is 0 Å². The fraction of sp³-hybridized carbons (Fsp3) is 0.278. The Balaban J connectivity index is 2.15. The molecule has 0 saturated carbocycles. The summed E-state index contributed by atoms with van der Waals surface area (Å²) in [4.78, 5) is 12.4. The van der Waals surface area contributed by atoms with Crippen molar-refractivity contribution in [3.05, 3.63) is 63.1 Å². The van der Waals surface area contributed by atoms with Crippen molar-refractivity contribution in [1.82, 2.24) is 0 Å². The van der Waals surface area contributed by atoms with Crippen molar-refractivity contribution in [2.24, 2.45) is 0 Å². The number of ether oxygens (including phenoxy) is 1. The zero-order chi connectivity index (χ0) is 15.6. The lowest BCUT2D eigenvalue weighted by Gasteiger charge is -2.15. The predicted octanol–water partition coefficient (Wildman–Crippen LogP) is 5.02. The topological polar surface area (TPSA) is 26.3 Å². The van der Waals surface area contributed by atoms with E-state index < -0.39 is 6.10 Å². The molecule has 2 rings (SSSR count). The van der Waals surface area contributed by atoms with Crippen LogP contribution in [0, 0.1) is 20.8 Å². The van der Waals surface area contributed by atoms with Gasteiger partial charge in [-0.15, -0.1) is 0 Å². The summed E-state index contributed by atoms with van der Waals surface area (Å²) >= 11 is 3.45. The highest BCUT2D eigenvalue weighted by atomic mass is 79.9. The van der Waals surface area contributed by atoms with Gasteiger partial charge in [0.2, 0.25) is 5.78 Å². The van der Waals surface area contributed by atoms with Crippen LogP contribution >= 0.6 is 15.9 Å². The van der Waals surface area contributed by atoms with E-state index in [9.17, 15) is 4.79 Å². The molecule has 0 bridgehead atoms. The Morgan fingerprint density at radius 1 is 1.00 bits per heavy atom. The van der Waals surface area contributed by atoms with E-state index in [-0.39, 0.29) is 5.78 Å². The zero-order valence-corrected chi connectivity index (χ0v) is 14.3. The van der Waals surface area contributed by atoms with Gasteiger partial charge in [0.1, 0.15) is 5.75 Å². The molecule has 0 fully saturated rings. The second kappa shape index (κ2) is 6.44. The number of aryl methyl sites for hydroxylation is 3. The summed E-state index contributed by atoms with van der Waals surface area (Å²) in [6, 6.07) is 11.5. The first-order valence-corrected chi connectivity index (χ1v) is 7.72. The molecule has 0 heterocycles. The second-order valence-corrected chi connectivity index (χ2v) is 6.19. The quantitative estimate of drug-likeness (QED) is 0.726. The Kier molecular flexibility index (Phi) is 4.84. The molecule has 21 heavy (non-hydrogen) atoms. The summed E-state index contributed by atoms with van der Waals surface area (Å²) in [7, 11) is 0. The van der Waals surface area contributed by atoms with E-state index in [2.05, 4.69) is 15.9 Å². The first-order chi connectivity index (χ1) is 9.88. The Bertz CT molecular complexity index is 677. The summed E-state index contributed by atoms with van der Waals surface area (Å²) in [5, 5.41) is 0. The van der Waals surface area contributed by atoms with Crippen LogP contribution in [0.2, 0.25) is 0 Å². The van der Waals surface area contributed by atoms with Crippen molar-refractivity contribution in [3.63, 3.8) is 0 Å². The van der Waals surface area contributed by atoms with Crippen LogP contribution in [0.1, 0.15) is 34.0 Å². The first-order valence-electron chi connectivity index (χ1n) is 6.93. The number of hydrogen-bond donors (Lipinski definition) is 0. The van der Waals surface area contributed by atoms with Crippen LogP contribution in [-0.2, 0) is 0 Å². The average molecular weight is 347 g/mol. The van der Waals surface area contributed by atoms with Gasteiger partial charge < -0.3 is 4.74 Å². The standard InChI is InChI=1S/C18H19BrO2/c1-11-5-6-15(9-12(11)2)18(20)14(4)21-16-7-8-17(19)13(3)10-16/h5-10,14H,1-4H3. The third-order valence-corrected chi connectivity index (χ3v) is 4.49. The van der Waals surface area contributed by atoms with Crippen molar-refractivity contribution in [2.75, 3.05) is 0 Å². The molecule has 0 amide bonds. The van der Waals surface area contributed by atoms with Crippen molar-refractivity contribution in [3.8, 4) is 5.75 Å². The molecule has 0 aromatic heterocycles. The Morgan fingerprint density at radius 3 is 2.33 bits per heavy atom. The summed E-state index contributed by atoms with van der Waals surface area (Å²) in [5.41, 5.74) is 4.08. The van der Waals surface area contributed by atoms with Gasteiger partial charge in [-0.05, 0) is 68.7 Å². The van der Waals surface area contributed by atoms with Gasteiger partial charge in [0.25, 0.3) is 0 Å². The van der Waals surface area contributed by atoms with Gasteiger partial charge in [0.05, 0.1) is 0 Å². The molecule has 0 N–H and O–H groups in total. The maximum absolute atomic E-state index is 12.4. The minimum Gasteiger partial charge on any atom is -0.483 e. The normalized spacial score (nSPS) is 12.0. The van der Waals surface area contributed by atoms with Gasteiger partial charge >= 0.3 is 0 Å². The number of ketones is 1. The molecule has 0 radical (unpaired) electrons. The fourth-order valence-corrected chi connectivity index (χ4v) is 2.32. The maximum atomic E-state index is 12.4. The van der Waals surface area contributed by atoms with E-state index in [1.807, 2.05) is 57.2 Å². The van der Waals surface area contributed by atoms with E-state index in [4.69, 9.17) is 4.74 Å². The van der Waals surface area contributed by atoms with Crippen LogP contribution in [0.5, 0.6) is 5.75 Å². The van der Waals surface area contributed by atoms with Gasteiger partial charge in [0.15, 0.2) is 6.10 Å². The molecule has 0 spiro atoms. The molecule has 0 saturated heterocycles. The van der Waals surface area contributed by atoms with E-state index in [0.29, 0.717) is 11.3 Å². The number of benzene rings is 2. The molecule has 0 aliphatic carbocycles. The van der Waals surface area contributed by atoms with Crippen LogP contribution in [0.15, 0.2) is 40.9 Å². The van der Waals surface area contributed by atoms with E-state index in [0.717, 1.165) is 15.6 Å². The molecule has 2 aromatic carbocycles. The molecule has 1 unspecified atom stereocenters. The van der Waals surface area contributed by atoms with E-state index in [1.54, 1.807) is 6.92 Å². The minimum absolute atomic E-state index is 0.00123. The number of rotatable bonds is 4. The van der Waals surface area contributed by atoms with Gasteiger partial charge in [-0.25, -0.2) is 0 Å². The van der Waals surface area contributed by atoms with Gasteiger partial charge in [-0.1, -0.05) is 28.1 Å². The molecule has 0 aliphatic heterocycles. The molecule has 0 aliphatic rings. The molecular weight excluding hydrogens is 328 g/mol. The number of carbonyl (C=O) groups is 1. The third-order valence-electron chi connectivity index (χ3n) is 3.60. The molecule has 1 atom stereocenters. The largest absolute Gasteiger partial charge is 0.483 e. The van der Waals surface area contributed by atoms with Crippen molar-refractivity contribution < 1.29 is 9.53 Å². The fourth-order valence-electron chi connectivity index (χ4n) is 2.08. The SMILES string of the molecule is Cc1ccc(C(=O)C(C)Oc2ccc(Br)c(C)c2)cc1C. The van der Waals surface area contributed by atoms with Crippen molar-refractivity contribution in [1.29, 1.82) is 0 Å². The number of Topliss-reactive ketones (excluding diaryl/α,β-unsaturated/α-hetero) is 1. The molecule has 3 heteroatoms. The predicted molar refractivity (Wildman–Crippen MR) is 89.2 cm³/mol. The van der Waals surface area contributed by atoms with Crippen molar-refractivity contribution in [2.45, 2.75) is 33.8 Å². The Hall–Kier alpha value is -1.61. The average Bonchev–Trinajstić information content (AvgIpc) is 2.45. The second-order valence-electron chi connectivity index (χ2n) is 5.33. The maximum Gasteiger partial charge on any atom is 0.203 e. The summed E-state index contributed by atoms with van der Waals surface area (Å²) in [5.74, 6) is 0.707. The van der Waals surface area contributed by atoms with E-state index >= 15 is 0 Å². The lowest BCUT2D eigenvalue weighted by Crippen LogP contribution is -2.24. The minimum atomic E-state index is -0.507.